The van der Waals surface area contributed by atoms with E-state index < -0.39 is 5.41 Å². The summed E-state index contributed by atoms with van der Waals surface area (Å²) in [7, 11) is 3.18. The van der Waals surface area contributed by atoms with Crippen molar-refractivity contribution < 1.29 is 19.1 Å². The van der Waals surface area contributed by atoms with Crippen molar-refractivity contribution in [2.24, 2.45) is 18.4 Å². The SMILES string of the molecule is COC(=O)[C@@]12COC[C@@H]1CN(C(=O)c1cn(C)cn1)C2. The Morgan fingerprint density at radius 3 is 3.00 bits per heavy atom. The predicted octanol–water partition coefficient (Wildman–Crippen LogP) is -0.318. The van der Waals surface area contributed by atoms with Crippen molar-refractivity contribution in [3.8, 4) is 0 Å². The van der Waals surface area contributed by atoms with Crippen LogP contribution in [-0.4, -0.2) is 59.7 Å². The van der Waals surface area contributed by atoms with Crippen molar-refractivity contribution in [2.45, 2.75) is 0 Å². The lowest BCUT2D eigenvalue weighted by atomic mass is 9.81. The zero-order valence-electron chi connectivity index (χ0n) is 11.5. The Balaban J connectivity index is 1.82. The maximum Gasteiger partial charge on any atom is 0.316 e. The summed E-state index contributed by atoms with van der Waals surface area (Å²) in [5.74, 6) is -0.442. The van der Waals surface area contributed by atoms with Crippen LogP contribution >= 0.6 is 0 Å². The molecule has 20 heavy (non-hydrogen) atoms. The van der Waals surface area contributed by atoms with E-state index in [2.05, 4.69) is 4.98 Å². The Labute approximate surface area is 116 Å². The lowest BCUT2D eigenvalue weighted by Crippen LogP contribution is -2.41. The van der Waals surface area contributed by atoms with E-state index in [9.17, 15) is 9.59 Å². The third-order valence-corrected chi connectivity index (χ3v) is 4.18. The van der Waals surface area contributed by atoms with Crippen molar-refractivity contribution in [1.29, 1.82) is 0 Å². The van der Waals surface area contributed by atoms with E-state index in [4.69, 9.17) is 9.47 Å². The number of likely N-dealkylation sites (tertiary alicyclic amines) is 1. The van der Waals surface area contributed by atoms with Gasteiger partial charge in [0.15, 0.2) is 0 Å². The molecule has 1 aromatic rings. The number of hydrogen-bond donors (Lipinski definition) is 0. The smallest absolute Gasteiger partial charge is 0.316 e. The summed E-state index contributed by atoms with van der Waals surface area (Å²) in [6, 6.07) is 0. The minimum Gasteiger partial charge on any atom is -0.468 e. The number of rotatable bonds is 2. The van der Waals surface area contributed by atoms with Crippen LogP contribution in [0, 0.1) is 11.3 Å². The molecule has 0 aromatic carbocycles. The summed E-state index contributed by atoms with van der Waals surface area (Å²) in [6.07, 6.45) is 3.26. The molecule has 0 unspecified atom stereocenters. The number of amides is 1. The summed E-state index contributed by atoms with van der Waals surface area (Å²) >= 11 is 0. The minimum atomic E-state index is -0.709. The Kier molecular flexibility index (Phi) is 3.01. The van der Waals surface area contributed by atoms with Crippen molar-refractivity contribution in [3.05, 3.63) is 18.2 Å². The largest absolute Gasteiger partial charge is 0.468 e. The topological polar surface area (TPSA) is 73.7 Å². The van der Waals surface area contributed by atoms with E-state index in [0.717, 1.165) is 0 Å². The van der Waals surface area contributed by atoms with Gasteiger partial charge >= 0.3 is 5.97 Å². The highest BCUT2D eigenvalue weighted by molar-refractivity contribution is 5.93. The molecule has 2 saturated heterocycles. The van der Waals surface area contributed by atoms with Gasteiger partial charge in [0.1, 0.15) is 11.1 Å². The van der Waals surface area contributed by atoms with Gasteiger partial charge in [0.05, 0.1) is 26.7 Å². The molecule has 2 fully saturated rings. The summed E-state index contributed by atoms with van der Waals surface area (Å²) in [5.41, 5.74) is -0.312. The van der Waals surface area contributed by atoms with Gasteiger partial charge in [-0.25, -0.2) is 4.98 Å². The van der Waals surface area contributed by atoms with Crippen LogP contribution in [0.2, 0.25) is 0 Å². The van der Waals surface area contributed by atoms with Gasteiger partial charge < -0.3 is 18.9 Å². The first kappa shape index (κ1) is 13.1. The van der Waals surface area contributed by atoms with Crippen LogP contribution in [0.4, 0.5) is 0 Å². The number of imidazole rings is 1. The van der Waals surface area contributed by atoms with Crippen LogP contribution in [0.25, 0.3) is 0 Å². The average Bonchev–Trinajstić information content (AvgIpc) is 3.10. The molecule has 3 rings (SSSR count). The number of nitrogens with zero attached hydrogens (tertiary/aromatic N) is 3. The summed E-state index contributed by atoms with van der Waals surface area (Å²) < 4.78 is 12.0. The number of hydrogen-bond acceptors (Lipinski definition) is 5. The third kappa shape index (κ3) is 1.81. The molecule has 0 saturated carbocycles. The average molecular weight is 279 g/mol. The number of methoxy groups -OCH3 is 1. The fraction of sp³-hybridized carbons (Fsp3) is 0.615. The first-order chi connectivity index (χ1) is 9.56. The van der Waals surface area contributed by atoms with E-state index in [1.807, 2.05) is 7.05 Å². The molecule has 2 aliphatic heterocycles. The highest BCUT2D eigenvalue weighted by Crippen LogP contribution is 2.42. The zero-order chi connectivity index (χ0) is 14.3. The van der Waals surface area contributed by atoms with Gasteiger partial charge in [0.2, 0.25) is 0 Å². The maximum atomic E-state index is 12.4. The van der Waals surface area contributed by atoms with Crippen molar-refractivity contribution >= 4 is 11.9 Å². The third-order valence-electron chi connectivity index (χ3n) is 4.18. The number of esters is 1. The van der Waals surface area contributed by atoms with E-state index in [0.29, 0.717) is 32.0 Å². The number of carbonyl (C=O) groups is 2. The Morgan fingerprint density at radius 1 is 1.55 bits per heavy atom. The Hall–Kier alpha value is -1.89. The Morgan fingerprint density at radius 2 is 2.35 bits per heavy atom. The van der Waals surface area contributed by atoms with E-state index >= 15 is 0 Å². The van der Waals surface area contributed by atoms with Gasteiger partial charge in [-0.3, -0.25) is 9.59 Å². The van der Waals surface area contributed by atoms with Gasteiger partial charge in [0.25, 0.3) is 5.91 Å². The number of aryl methyl sites for hydroxylation is 1. The van der Waals surface area contributed by atoms with Gasteiger partial charge in [0, 0.05) is 32.3 Å². The summed E-state index contributed by atoms with van der Waals surface area (Å²) in [6.45, 7) is 1.64. The summed E-state index contributed by atoms with van der Waals surface area (Å²) in [5, 5.41) is 0. The highest BCUT2D eigenvalue weighted by atomic mass is 16.5. The van der Waals surface area contributed by atoms with E-state index in [-0.39, 0.29) is 17.8 Å². The molecule has 1 aromatic heterocycles. The molecule has 1 amide bonds. The molecule has 0 spiro atoms. The van der Waals surface area contributed by atoms with Crippen LogP contribution in [0.15, 0.2) is 12.5 Å². The van der Waals surface area contributed by atoms with Crippen molar-refractivity contribution in [1.82, 2.24) is 14.5 Å². The standard InChI is InChI=1S/C13H17N3O4/c1-15-4-10(14-8-15)11(17)16-3-9-5-20-7-13(9,6-16)12(18)19-2/h4,8-9H,3,5-7H2,1-2H3/t9-,13-/m0/s1. The molecule has 2 aliphatic rings. The lowest BCUT2D eigenvalue weighted by molar-refractivity contribution is -0.153. The highest BCUT2D eigenvalue weighted by Gasteiger charge is 2.57. The molecule has 0 aliphatic carbocycles. The molecule has 0 bridgehead atoms. The molecule has 108 valence electrons. The molecular formula is C13H17N3O4. The quantitative estimate of drug-likeness (QED) is 0.694. The molecule has 2 atom stereocenters. The van der Waals surface area contributed by atoms with Crippen LogP contribution in [0.3, 0.4) is 0 Å². The van der Waals surface area contributed by atoms with Crippen LogP contribution < -0.4 is 0 Å². The van der Waals surface area contributed by atoms with Crippen molar-refractivity contribution in [3.63, 3.8) is 0 Å². The number of fused-ring (bicyclic) bond motifs is 1. The lowest BCUT2D eigenvalue weighted by Gasteiger charge is -2.23. The number of carbonyl (C=O) groups excluding carboxylic acids is 2. The molecule has 3 heterocycles. The summed E-state index contributed by atoms with van der Waals surface area (Å²) in [4.78, 5) is 30.2. The first-order valence-electron chi connectivity index (χ1n) is 6.50. The van der Waals surface area contributed by atoms with E-state index in [1.165, 1.54) is 7.11 Å². The normalized spacial score (nSPS) is 28.5. The second kappa shape index (κ2) is 4.59. The fourth-order valence-electron chi connectivity index (χ4n) is 3.07. The number of ether oxygens (including phenoxy) is 2. The van der Waals surface area contributed by atoms with Gasteiger partial charge in [-0.1, -0.05) is 0 Å². The fourth-order valence-corrected chi connectivity index (χ4v) is 3.07. The molecule has 7 heteroatoms. The molecular weight excluding hydrogens is 262 g/mol. The molecule has 0 radical (unpaired) electrons. The molecule has 7 nitrogen and oxygen atoms in total. The van der Waals surface area contributed by atoms with Gasteiger partial charge in [-0.2, -0.15) is 0 Å². The van der Waals surface area contributed by atoms with E-state index in [1.54, 1.807) is 22.0 Å². The second-order valence-corrected chi connectivity index (χ2v) is 5.47. The Bertz CT molecular complexity index is 556. The predicted molar refractivity (Wildman–Crippen MR) is 67.9 cm³/mol. The molecule has 0 N–H and O–H groups in total. The monoisotopic (exact) mass is 279 g/mol. The first-order valence-corrected chi connectivity index (χ1v) is 6.50. The maximum absolute atomic E-state index is 12.4. The van der Waals surface area contributed by atoms with Crippen LogP contribution in [0.5, 0.6) is 0 Å². The van der Waals surface area contributed by atoms with Crippen LogP contribution in [0.1, 0.15) is 10.5 Å². The minimum absolute atomic E-state index is 0.00242. The van der Waals surface area contributed by atoms with Crippen molar-refractivity contribution in [2.75, 3.05) is 33.4 Å². The van der Waals surface area contributed by atoms with Gasteiger partial charge in [-0.05, 0) is 0 Å². The number of aromatic nitrogens is 2. The zero-order valence-corrected chi connectivity index (χ0v) is 11.5. The second-order valence-electron chi connectivity index (χ2n) is 5.47. The van der Waals surface area contributed by atoms with Crippen LogP contribution in [-0.2, 0) is 21.3 Å². The van der Waals surface area contributed by atoms with Gasteiger partial charge in [-0.15, -0.1) is 0 Å².